The highest BCUT2D eigenvalue weighted by molar-refractivity contribution is 7.16. The lowest BCUT2D eigenvalue weighted by Crippen LogP contribution is -1.75. The predicted octanol–water partition coefficient (Wildman–Crippen LogP) is 4.18. The molecule has 0 amide bonds. The van der Waals surface area contributed by atoms with Gasteiger partial charge >= 0.3 is 8.69 Å². The molecule has 0 heterocycles. The van der Waals surface area contributed by atoms with Gasteiger partial charge in [-0.05, 0) is 21.5 Å². The second-order valence-electron chi connectivity index (χ2n) is 3.59. The molecule has 0 fully saturated rings. The highest BCUT2D eigenvalue weighted by Crippen LogP contribution is 2.24. The Balaban J connectivity index is 0.000000329. The van der Waals surface area contributed by atoms with Crippen LogP contribution in [-0.4, -0.2) is 4.89 Å². The number of fused-ring (bicyclic) bond motifs is 3. The van der Waals surface area contributed by atoms with Gasteiger partial charge in [0, 0.05) is 0 Å². The average molecular weight is 242 g/mol. The summed E-state index contributed by atoms with van der Waals surface area (Å²) in [6, 6.07) is 21.4. The second kappa shape index (κ2) is 5.53. The standard InChI is InChI=1S/C14H10.HO2P/c1-3-7-13-11(5-1)9-10-12-6-2-4-8-14(12)13;1-3-2/h1-10H;(H,1,2). The van der Waals surface area contributed by atoms with Crippen LogP contribution in [0.3, 0.4) is 0 Å². The van der Waals surface area contributed by atoms with Crippen molar-refractivity contribution in [1.82, 2.24) is 0 Å². The fraction of sp³-hybridized carbons (Fsp3) is 0. The van der Waals surface area contributed by atoms with Crippen LogP contribution >= 0.6 is 8.69 Å². The van der Waals surface area contributed by atoms with Gasteiger partial charge in [0.25, 0.3) is 0 Å². The highest BCUT2D eigenvalue weighted by Gasteiger charge is 1.97. The molecule has 0 radical (unpaired) electrons. The minimum absolute atomic E-state index is 0.833. The number of benzene rings is 3. The van der Waals surface area contributed by atoms with Crippen LogP contribution in [0.15, 0.2) is 60.7 Å². The van der Waals surface area contributed by atoms with Crippen molar-refractivity contribution in [2.24, 2.45) is 0 Å². The molecule has 0 aliphatic carbocycles. The summed E-state index contributed by atoms with van der Waals surface area (Å²) in [5.74, 6) is 0. The van der Waals surface area contributed by atoms with E-state index in [1.165, 1.54) is 21.5 Å². The molecule has 0 atom stereocenters. The van der Waals surface area contributed by atoms with Gasteiger partial charge in [0.2, 0.25) is 0 Å². The molecule has 3 heteroatoms. The lowest BCUT2D eigenvalue weighted by atomic mass is 10.0. The maximum absolute atomic E-state index is 8.46. The summed E-state index contributed by atoms with van der Waals surface area (Å²) in [6.07, 6.45) is 0. The van der Waals surface area contributed by atoms with Crippen molar-refractivity contribution in [3.05, 3.63) is 60.7 Å². The molecule has 3 aromatic rings. The summed E-state index contributed by atoms with van der Waals surface area (Å²) in [7, 11) is -0.833. The predicted molar refractivity (Wildman–Crippen MR) is 71.3 cm³/mol. The molecule has 84 valence electrons. The number of hydrogen-bond donors (Lipinski definition) is 1. The molecule has 0 aliphatic rings. The molecule has 0 spiro atoms. The topological polar surface area (TPSA) is 37.3 Å². The molecule has 3 rings (SSSR count). The van der Waals surface area contributed by atoms with Crippen LogP contribution in [0.5, 0.6) is 0 Å². The van der Waals surface area contributed by atoms with Crippen LogP contribution < -0.4 is 0 Å². The largest absolute Gasteiger partial charge is 0.324 e. The first-order chi connectivity index (χ1) is 8.36. The van der Waals surface area contributed by atoms with Gasteiger partial charge in [-0.3, -0.25) is 0 Å². The van der Waals surface area contributed by atoms with Gasteiger partial charge in [0.1, 0.15) is 0 Å². The van der Waals surface area contributed by atoms with Crippen molar-refractivity contribution in [1.29, 1.82) is 0 Å². The van der Waals surface area contributed by atoms with Crippen LogP contribution in [-0.2, 0) is 4.57 Å². The van der Waals surface area contributed by atoms with Crippen molar-refractivity contribution < 1.29 is 9.46 Å². The van der Waals surface area contributed by atoms with E-state index < -0.39 is 8.69 Å². The third-order valence-electron chi connectivity index (χ3n) is 2.65. The Kier molecular flexibility index (Phi) is 3.81. The zero-order valence-corrected chi connectivity index (χ0v) is 9.97. The van der Waals surface area contributed by atoms with Crippen LogP contribution in [0, 0.1) is 0 Å². The minimum atomic E-state index is -0.833. The fourth-order valence-corrected chi connectivity index (χ4v) is 1.95. The summed E-state index contributed by atoms with van der Waals surface area (Å²) in [5.41, 5.74) is 0. The summed E-state index contributed by atoms with van der Waals surface area (Å²) in [5, 5.41) is 5.30. The van der Waals surface area contributed by atoms with Crippen LogP contribution in [0.1, 0.15) is 0 Å². The van der Waals surface area contributed by atoms with Gasteiger partial charge in [0.05, 0.1) is 0 Å². The van der Waals surface area contributed by atoms with Gasteiger partial charge < -0.3 is 4.89 Å². The lowest BCUT2D eigenvalue weighted by molar-refractivity contribution is 0.524. The zero-order chi connectivity index (χ0) is 12.1. The molecule has 2 nitrogen and oxygen atoms in total. The third kappa shape index (κ3) is 2.50. The number of hydrogen-bond acceptors (Lipinski definition) is 1. The molecule has 0 saturated carbocycles. The Labute approximate surface area is 101 Å². The van der Waals surface area contributed by atoms with Crippen LogP contribution in [0.25, 0.3) is 21.5 Å². The maximum Gasteiger partial charge on any atom is 0.324 e. The van der Waals surface area contributed by atoms with E-state index >= 15 is 0 Å². The molecule has 0 saturated heterocycles. The van der Waals surface area contributed by atoms with E-state index in [9.17, 15) is 0 Å². The summed E-state index contributed by atoms with van der Waals surface area (Å²) in [6.45, 7) is 0. The van der Waals surface area contributed by atoms with Crippen LogP contribution in [0.4, 0.5) is 0 Å². The molecule has 0 bridgehead atoms. The van der Waals surface area contributed by atoms with E-state index in [1.54, 1.807) is 0 Å². The third-order valence-corrected chi connectivity index (χ3v) is 2.65. The van der Waals surface area contributed by atoms with E-state index in [4.69, 9.17) is 9.46 Å². The van der Waals surface area contributed by atoms with Gasteiger partial charge in [-0.2, -0.15) is 0 Å². The molecule has 0 aromatic heterocycles. The van der Waals surface area contributed by atoms with E-state index in [-0.39, 0.29) is 0 Å². The lowest BCUT2D eigenvalue weighted by Gasteiger charge is -2.02. The summed E-state index contributed by atoms with van der Waals surface area (Å²) in [4.78, 5) is 6.99. The molecular formula is C14H11O2P. The van der Waals surface area contributed by atoms with E-state index in [2.05, 4.69) is 60.7 Å². The number of rotatable bonds is 0. The molecule has 0 aliphatic heterocycles. The summed E-state index contributed by atoms with van der Waals surface area (Å²) < 4.78 is 8.46. The van der Waals surface area contributed by atoms with Gasteiger partial charge in [0.15, 0.2) is 0 Å². The Morgan fingerprint density at radius 3 is 1.47 bits per heavy atom. The quantitative estimate of drug-likeness (QED) is 0.474. The fourth-order valence-electron chi connectivity index (χ4n) is 1.95. The Bertz CT molecular complexity index is 595. The van der Waals surface area contributed by atoms with Gasteiger partial charge in [-0.15, -0.1) is 0 Å². The Morgan fingerprint density at radius 1 is 0.706 bits per heavy atom. The van der Waals surface area contributed by atoms with Crippen molar-refractivity contribution >= 4 is 30.2 Å². The van der Waals surface area contributed by atoms with Crippen molar-refractivity contribution in [3.8, 4) is 0 Å². The monoisotopic (exact) mass is 242 g/mol. The average Bonchev–Trinajstić information content (AvgIpc) is 2.40. The van der Waals surface area contributed by atoms with Crippen molar-refractivity contribution in [2.75, 3.05) is 0 Å². The van der Waals surface area contributed by atoms with E-state index in [0.29, 0.717) is 0 Å². The first-order valence-electron chi connectivity index (χ1n) is 5.20. The van der Waals surface area contributed by atoms with E-state index in [1.807, 2.05) is 0 Å². The first-order valence-corrected chi connectivity index (χ1v) is 5.96. The van der Waals surface area contributed by atoms with Crippen LogP contribution in [0.2, 0.25) is 0 Å². The molecule has 0 unspecified atom stereocenters. The molecular weight excluding hydrogens is 231 g/mol. The summed E-state index contributed by atoms with van der Waals surface area (Å²) >= 11 is 0. The minimum Gasteiger partial charge on any atom is -0.310 e. The first kappa shape index (κ1) is 11.7. The smallest absolute Gasteiger partial charge is 0.310 e. The molecule has 17 heavy (non-hydrogen) atoms. The Hall–Kier alpha value is -1.76. The van der Waals surface area contributed by atoms with Gasteiger partial charge in [-0.1, -0.05) is 60.7 Å². The van der Waals surface area contributed by atoms with Crippen molar-refractivity contribution in [2.45, 2.75) is 0 Å². The van der Waals surface area contributed by atoms with Gasteiger partial charge in [-0.25, -0.2) is 4.57 Å². The SMILES string of the molecule is O=PO.c1ccc2c(c1)ccc1ccccc12. The normalized spacial score (nSPS) is 10.2. The highest BCUT2D eigenvalue weighted by atomic mass is 31.1. The second-order valence-corrected chi connectivity index (χ2v) is 3.75. The molecule has 3 aromatic carbocycles. The molecule has 1 N–H and O–H groups in total. The zero-order valence-electron chi connectivity index (χ0n) is 9.08. The van der Waals surface area contributed by atoms with Crippen molar-refractivity contribution in [3.63, 3.8) is 0 Å². The Morgan fingerprint density at radius 2 is 1.06 bits per heavy atom. The van der Waals surface area contributed by atoms with E-state index in [0.717, 1.165) is 0 Å². The maximum atomic E-state index is 8.46.